The summed E-state index contributed by atoms with van der Waals surface area (Å²) in [7, 11) is 1.94. The van der Waals surface area contributed by atoms with Gasteiger partial charge in [0.2, 0.25) is 0 Å². The maximum Gasteiger partial charge on any atom is 0.128 e. The molecule has 0 spiro atoms. The summed E-state index contributed by atoms with van der Waals surface area (Å²) in [6, 6.07) is 0. The second-order valence-corrected chi connectivity index (χ2v) is 4.05. The van der Waals surface area contributed by atoms with Gasteiger partial charge in [-0.3, -0.25) is 0 Å². The number of imidazole rings is 1. The molecular formula is C8H12BrClN2. The lowest BCUT2D eigenvalue weighted by Gasteiger charge is -2.06. The van der Waals surface area contributed by atoms with Gasteiger partial charge in [-0.1, -0.05) is 34.5 Å². The summed E-state index contributed by atoms with van der Waals surface area (Å²) in [6.45, 7) is 2.18. The molecule has 0 aliphatic heterocycles. The predicted molar refractivity (Wildman–Crippen MR) is 54.9 cm³/mol. The molecule has 0 saturated carbocycles. The molecule has 1 rings (SSSR count). The molecular weight excluding hydrogens is 239 g/mol. The molecule has 68 valence electrons. The van der Waals surface area contributed by atoms with Crippen molar-refractivity contribution in [2.45, 2.75) is 13.3 Å². The fraction of sp³-hybridized carbons (Fsp3) is 0.625. The Kier molecular flexibility index (Phi) is 3.59. The molecule has 12 heavy (non-hydrogen) atoms. The minimum Gasteiger partial charge on any atom is -0.322 e. The smallest absolute Gasteiger partial charge is 0.128 e. The lowest BCUT2D eigenvalue weighted by Crippen LogP contribution is -2.06. The Balaban J connectivity index is 2.69. The highest BCUT2D eigenvalue weighted by Gasteiger charge is 2.07. The van der Waals surface area contributed by atoms with Crippen LogP contribution in [-0.2, 0) is 13.5 Å². The summed E-state index contributed by atoms with van der Waals surface area (Å²) in [5, 5.41) is 1.70. The third-order valence-corrected chi connectivity index (χ3v) is 3.28. The minimum atomic E-state index is 0.599. The Bertz CT molecular complexity index is 260. The quantitative estimate of drug-likeness (QED) is 0.755. The van der Waals surface area contributed by atoms with Gasteiger partial charge in [0.1, 0.15) is 11.0 Å². The SMILES string of the molecule is CC(CBr)Cc1ncc(Cl)n1C. The molecule has 1 aromatic rings. The minimum absolute atomic E-state index is 0.599. The molecule has 1 aromatic heterocycles. The largest absolute Gasteiger partial charge is 0.322 e. The summed E-state index contributed by atoms with van der Waals surface area (Å²) in [5.41, 5.74) is 0. The van der Waals surface area contributed by atoms with E-state index in [9.17, 15) is 0 Å². The predicted octanol–water partition coefficient (Wildman–Crippen LogP) is 2.65. The number of nitrogens with zero attached hydrogens (tertiary/aromatic N) is 2. The molecule has 0 aromatic carbocycles. The van der Waals surface area contributed by atoms with Gasteiger partial charge in [0.25, 0.3) is 0 Å². The number of alkyl halides is 1. The van der Waals surface area contributed by atoms with Gasteiger partial charge < -0.3 is 4.57 Å². The van der Waals surface area contributed by atoms with E-state index < -0.39 is 0 Å². The third kappa shape index (κ3) is 2.23. The first-order chi connectivity index (χ1) is 5.65. The van der Waals surface area contributed by atoms with Gasteiger partial charge in [0, 0.05) is 18.8 Å². The van der Waals surface area contributed by atoms with Crippen molar-refractivity contribution >= 4 is 27.5 Å². The first-order valence-electron chi connectivity index (χ1n) is 3.87. The van der Waals surface area contributed by atoms with Crippen LogP contribution in [-0.4, -0.2) is 14.9 Å². The standard InChI is InChI=1S/C8H12BrClN2/c1-6(4-9)3-8-11-5-7(10)12(8)2/h5-6H,3-4H2,1-2H3. The highest BCUT2D eigenvalue weighted by Crippen LogP contribution is 2.13. The van der Waals surface area contributed by atoms with Gasteiger partial charge in [-0.2, -0.15) is 0 Å². The molecule has 0 amide bonds. The van der Waals surface area contributed by atoms with E-state index in [1.54, 1.807) is 6.20 Å². The van der Waals surface area contributed by atoms with Crippen molar-refractivity contribution in [3.8, 4) is 0 Å². The maximum absolute atomic E-state index is 5.84. The van der Waals surface area contributed by atoms with Gasteiger partial charge in [-0.25, -0.2) is 4.98 Å². The van der Waals surface area contributed by atoms with Crippen molar-refractivity contribution in [1.29, 1.82) is 0 Å². The third-order valence-electron chi connectivity index (χ3n) is 1.82. The monoisotopic (exact) mass is 250 g/mol. The average molecular weight is 252 g/mol. The molecule has 0 aliphatic rings. The first kappa shape index (κ1) is 10.1. The van der Waals surface area contributed by atoms with Crippen LogP contribution < -0.4 is 0 Å². The normalized spacial score (nSPS) is 13.3. The van der Waals surface area contributed by atoms with E-state index in [1.165, 1.54) is 0 Å². The number of aromatic nitrogens is 2. The van der Waals surface area contributed by atoms with Crippen LogP contribution >= 0.6 is 27.5 Å². The highest BCUT2D eigenvalue weighted by molar-refractivity contribution is 9.09. The van der Waals surface area contributed by atoms with Gasteiger partial charge in [0.05, 0.1) is 6.20 Å². The van der Waals surface area contributed by atoms with Crippen LogP contribution in [0.5, 0.6) is 0 Å². The molecule has 0 radical (unpaired) electrons. The van der Waals surface area contributed by atoms with E-state index in [-0.39, 0.29) is 0 Å². The Morgan fingerprint density at radius 3 is 2.83 bits per heavy atom. The first-order valence-corrected chi connectivity index (χ1v) is 5.37. The molecule has 1 unspecified atom stereocenters. The van der Waals surface area contributed by atoms with E-state index in [0.29, 0.717) is 11.1 Å². The Labute approximate surface area is 86.1 Å². The van der Waals surface area contributed by atoms with Crippen molar-refractivity contribution in [1.82, 2.24) is 9.55 Å². The van der Waals surface area contributed by atoms with Gasteiger partial charge in [-0.05, 0) is 5.92 Å². The van der Waals surface area contributed by atoms with Crippen molar-refractivity contribution < 1.29 is 0 Å². The zero-order valence-corrected chi connectivity index (χ0v) is 9.56. The molecule has 0 bridgehead atoms. The fourth-order valence-corrected chi connectivity index (χ4v) is 1.36. The number of hydrogen-bond donors (Lipinski definition) is 0. The number of rotatable bonds is 3. The van der Waals surface area contributed by atoms with Crippen LogP contribution in [0.4, 0.5) is 0 Å². The summed E-state index contributed by atoms with van der Waals surface area (Å²) in [6.07, 6.45) is 2.66. The molecule has 0 N–H and O–H groups in total. The summed E-state index contributed by atoms with van der Waals surface area (Å²) in [5.74, 6) is 1.65. The van der Waals surface area contributed by atoms with E-state index in [2.05, 4.69) is 27.8 Å². The van der Waals surface area contributed by atoms with Crippen molar-refractivity contribution in [2.75, 3.05) is 5.33 Å². The van der Waals surface area contributed by atoms with Crippen molar-refractivity contribution in [3.05, 3.63) is 17.2 Å². The Morgan fingerprint density at radius 2 is 2.42 bits per heavy atom. The van der Waals surface area contributed by atoms with Crippen LogP contribution in [0.2, 0.25) is 5.15 Å². The zero-order valence-electron chi connectivity index (χ0n) is 7.22. The average Bonchev–Trinajstić information content (AvgIpc) is 2.36. The van der Waals surface area contributed by atoms with Crippen LogP contribution in [0.15, 0.2) is 6.20 Å². The molecule has 0 saturated heterocycles. The molecule has 1 heterocycles. The molecule has 2 nitrogen and oxygen atoms in total. The number of halogens is 2. The lowest BCUT2D eigenvalue weighted by atomic mass is 10.1. The van der Waals surface area contributed by atoms with Crippen LogP contribution in [0, 0.1) is 5.92 Å². The lowest BCUT2D eigenvalue weighted by molar-refractivity contribution is 0.614. The summed E-state index contributed by atoms with van der Waals surface area (Å²) < 4.78 is 1.92. The zero-order chi connectivity index (χ0) is 9.14. The molecule has 0 aliphatic carbocycles. The van der Waals surface area contributed by atoms with Gasteiger partial charge in [0.15, 0.2) is 0 Å². The summed E-state index contributed by atoms with van der Waals surface area (Å²) in [4.78, 5) is 4.21. The van der Waals surface area contributed by atoms with E-state index in [0.717, 1.165) is 17.6 Å². The Morgan fingerprint density at radius 1 is 1.75 bits per heavy atom. The van der Waals surface area contributed by atoms with Gasteiger partial charge in [-0.15, -0.1) is 0 Å². The van der Waals surface area contributed by atoms with E-state index >= 15 is 0 Å². The van der Waals surface area contributed by atoms with Crippen LogP contribution in [0.3, 0.4) is 0 Å². The molecule has 4 heteroatoms. The van der Waals surface area contributed by atoms with E-state index in [4.69, 9.17) is 11.6 Å². The summed E-state index contributed by atoms with van der Waals surface area (Å²) >= 11 is 9.28. The van der Waals surface area contributed by atoms with E-state index in [1.807, 2.05) is 11.6 Å². The fourth-order valence-electron chi connectivity index (χ4n) is 0.980. The Hall–Kier alpha value is -0.0200. The second kappa shape index (κ2) is 4.28. The van der Waals surface area contributed by atoms with Crippen molar-refractivity contribution in [3.63, 3.8) is 0 Å². The molecule has 1 atom stereocenters. The number of hydrogen-bond acceptors (Lipinski definition) is 1. The second-order valence-electron chi connectivity index (χ2n) is 3.02. The van der Waals surface area contributed by atoms with Crippen LogP contribution in [0.25, 0.3) is 0 Å². The van der Waals surface area contributed by atoms with Crippen LogP contribution in [0.1, 0.15) is 12.7 Å². The van der Waals surface area contributed by atoms with Crippen molar-refractivity contribution in [2.24, 2.45) is 13.0 Å². The maximum atomic E-state index is 5.84. The topological polar surface area (TPSA) is 17.8 Å². The van der Waals surface area contributed by atoms with Gasteiger partial charge >= 0.3 is 0 Å². The highest BCUT2D eigenvalue weighted by atomic mass is 79.9. The molecule has 0 fully saturated rings.